The molecule has 0 spiro atoms. The molecule has 158 valence electrons. The highest BCUT2D eigenvalue weighted by atomic mass is 16.7. The van der Waals surface area contributed by atoms with Crippen molar-refractivity contribution in [3.8, 4) is 5.75 Å². The van der Waals surface area contributed by atoms with Crippen molar-refractivity contribution in [1.29, 1.82) is 0 Å². The van der Waals surface area contributed by atoms with E-state index in [1.807, 2.05) is 39.2 Å². The van der Waals surface area contributed by atoms with Gasteiger partial charge in [-0.05, 0) is 45.9 Å². The molecule has 2 aromatic rings. The van der Waals surface area contributed by atoms with Crippen molar-refractivity contribution in [3.05, 3.63) is 30.0 Å². The van der Waals surface area contributed by atoms with E-state index >= 15 is 0 Å². The van der Waals surface area contributed by atoms with Crippen LogP contribution < -0.4 is 37.2 Å². The molecule has 0 aliphatic rings. The van der Waals surface area contributed by atoms with Crippen molar-refractivity contribution >= 4 is 29.2 Å². The average molecular weight is 404 g/mol. The number of ether oxygens (including phenoxy) is 1. The number of nitrogens with one attached hydrogen (secondary N) is 4. The maximum Gasteiger partial charge on any atom is 0.349 e. The third-order valence-corrected chi connectivity index (χ3v) is 3.46. The second kappa shape index (κ2) is 9.26. The highest BCUT2D eigenvalue weighted by molar-refractivity contribution is 5.76. The Morgan fingerprint density at radius 3 is 2.52 bits per heavy atom. The zero-order valence-corrected chi connectivity index (χ0v) is 17.5. The number of nitrogens with two attached hydrogens (primary N) is 1. The minimum absolute atomic E-state index is 0.418. The molecule has 2 amide bonds. The van der Waals surface area contributed by atoms with Gasteiger partial charge in [0.1, 0.15) is 17.3 Å². The molecule has 0 aliphatic heterocycles. The largest absolute Gasteiger partial charge is 0.494 e. The summed E-state index contributed by atoms with van der Waals surface area (Å²) < 4.78 is 5.42. The Bertz CT molecular complexity index is 853. The lowest BCUT2D eigenvalue weighted by molar-refractivity contribution is -0.0327. The third kappa shape index (κ3) is 6.36. The summed E-state index contributed by atoms with van der Waals surface area (Å²) in [4.78, 5) is 26.4. The summed E-state index contributed by atoms with van der Waals surface area (Å²) in [5.74, 6) is 6.77. The quantitative estimate of drug-likeness (QED) is 0.267. The van der Waals surface area contributed by atoms with Crippen molar-refractivity contribution in [3.63, 3.8) is 0 Å². The Hall–Kier alpha value is -3.31. The van der Waals surface area contributed by atoms with E-state index in [4.69, 9.17) is 15.4 Å². The predicted octanol–water partition coefficient (Wildman–Crippen LogP) is 2.20. The lowest BCUT2D eigenvalue weighted by Crippen LogP contribution is -2.52. The fraction of sp³-hybridized carbons (Fsp3) is 0.389. The number of carbonyl (C=O) groups excluding carboxylic acids is 1. The number of carbonyl (C=O) groups is 1. The van der Waals surface area contributed by atoms with Gasteiger partial charge in [0.25, 0.3) is 0 Å². The van der Waals surface area contributed by atoms with Crippen LogP contribution in [0.2, 0.25) is 0 Å². The summed E-state index contributed by atoms with van der Waals surface area (Å²) in [6, 6.07) is 6.43. The van der Waals surface area contributed by atoms with Crippen molar-refractivity contribution in [2.24, 2.45) is 5.84 Å². The number of nitrogens with zero attached hydrogens (tertiary/aromatic N) is 3. The molecule has 0 radical (unpaired) electrons. The van der Waals surface area contributed by atoms with E-state index in [1.165, 1.54) is 12.3 Å². The normalized spacial score (nSPS) is 10.9. The fourth-order valence-electron chi connectivity index (χ4n) is 2.34. The third-order valence-electron chi connectivity index (χ3n) is 3.46. The number of aryl methyl sites for hydroxylation is 1. The molecular weight excluding hydrogens is 376 g/mol. The number of amides is 2. The number of methoxy groups -OCH3 is 1. The molecule has 0 bridgehead atoms. The monoisotopic (exact) mass is 404 g/mol. The summed E-state index contributed by atoms with van der Waals surface area (Å²) in [7, 11) is 3.31. The maximum absolute atomic E-state index is 11.8. The second-order valence-electron chi connectivity index (χ2n) is 7.06. The first kappa shape index (κ1) is 22.0. The SMILES string of the molecule is CNc1cc(C)nc(Nc2ccc(OC)c(N(NC(=O)NN)OC(C)(C)C)c2)n1. The predicted molar refractivity (Wildman–Crippen MR) is 112 cm³/mol. The standard InChI is InChI=1S/C18H28N8O3/c1-11-9-15(20-5)23-16(21-11)22-12-7-8-14(28-6)13(10-12)26(25-17(27)24-19)29-18(2,3)4/h7-10H,19H2,1-6H3,(H2,24,25,27)(H2,20,21,22,23). The van der Waals surface area contributed by atoms with Crippen LogP contribution in [0.15, 0.2) is 24.3 Å². The van der Waals surface area contributed by atoms with Gasteiger partial charge in [-0.2, -0.15) is 10.2 Å². The van der Waals surface area contributed by atoms with Gasteiger partial charge in [-0.15, -0.1) is 0 Å². The smallest absolute Gasteiger partial charge is 0.349 e. The summed E-state index contributed by atoms with van der Waals surface area (Å²) in [5.41, 5.74) is 5.82. The first-order chi connectivity index (χ1) is 13.6. The Morgan fingerprint density at radius 1 is 1.21 bits per heavy atom. The lowest BCUT2D eigenvalue weighted by Gasteiger charge is -2.31. The van der Waals surface area contributed by atoms with Gasteiger partial charge in [0.05, 0.1) is 12.7 Å². The zero-order valence-electron chi connectivity index (χ0n) is 17.5. The van der Waals surface area contributed by atoms with E-state index in [0.29, 0.717) is 28.9 Å². The van der Waals surface area contributed by atoms with Crippen LogP contribution in [0, 0.1) is 6.92 Å². The molecule has 29 heavy (non-hydrogen) atoms. The van der Waals surface area contributed by atoms with Crippen molar-refractivity contribution in [1.82, 2.24) is 20.8 Å². The number of hydrazine groups is 2. The molecule has 0 saturated carbocycles. The molecule has 0 aliphatic carbocycles. The highest BCUT2D eigenvalue weighted by Crippen LogP contribution is 2.33. The molecule has 1 aromatic heterocycles. The molecule has 6 N–H and O–H groups in total. The molecule has 0 fully saturated rings. The Kier molecular flexibility index (Phi) is 7.02. The number of benzene rings is 1. The number of rotatable bonds is 7. The first-order valence-corrected chi connectivity index (χ1v) is 8.90. The van der Waals surface area contributed by atoms with E-state index in [0.717, 1.165) is 5.69 Å². The van der Waals surface area contributed by atoms with Crippen LogP contribution >= 0.6 is 0 Å². The van der Waals surface area contributed by atoms with Gasteiger partial charge >= 0.3 is 6.03 Å². The van der Waals surface area contributed by atoms with Gasteiger partial charge in [-0.25, -0.2) is 25.9 Å². The van der Waals surface area contributed by atoms with Crippen LogP contribution in [-0.4, -0.2) is 35.8 Å². The number of anilines is 4. The van der Waals surface area contributed by atoms with Crippen LogP contribution in [0.1, 0.15) is 26.5 Å². The second-order valence-corrected chi connectivity index (χ2v) is 7.06. The Morgan fingerprint density at radius 2 is 1.93 bits per heavy atom. The van der Waals surface area contributed by atoms with Gasteiger partial charge in [0, 0.05) is 24.5 Å². The molecule has 11 heteroatoms. The number of urea groups is 1. The van der Waals surface area contributed by atoms with E-state index in [-0.39, 0.29) is 0 Å². The van der Waals surface area contributed by atoms with Gasteiger partial charge in [0.15, 0.2) is 0 Å². The number of aromatic nitrogens is 2. The zero-order chi connectivity index (χ0) is 21.6. The molecule has 1 heterocycles. The molecule has 11 nitrogen and oxygen atoms in total. The highest BCUT2D eigenvalue weighted by Gasteiger charge is 2.23. The number of hydrogen-bond acceptors (Lipinski definition) is 9. The summed E-state index contributed by atoms with van der Waals surface area (Å²) in [6.45, 7) is 7.41. The van der Waals surface area contributed by atoms with Crippen LogP contribution in [0.5, 0.6) is 5.75 Å². The van der Waals surface area contributed by atoms with E-state index < -0.39 is 11.6 Å². The Labute approximate surface area is 169 Å². The molecule has 0 saturated heterocycles. The lowest BCUT2D eigenvalue weighted by atomic mass is 10.2. The summed E-state index contributed by atoms with van der Waals surface area (Å²) in [5, 5.41) is 7.33. The Balaban J connectivity index is 2.41. The van der Waals surface area contributed by atoms with Gasteiger partial charge < -0.3 is 15.4 Å². The topological polar surface area (TPSA) is 139 Å². The fourth-order valence-corrected chi connectivity index (χ4v) is 2.34. The van der Waals surface area contributed by atoms with E-state index in [1.54, 1.807) is 25.2 Å². The molecule has 1 aromatic carbocycles. The van der Waals surface area contributed by atoms with Crippen LogP contribution in [0.3, 0.4) is 0 Å². The van der Waals surface area contributed by atoms with Gasteiger partial charge in [-0.1, -0.05) is 0 Å². The first-order valence-electron chi connectivity index (χ1n) is 8.90. The maximum atomic E-state index is 11.8. The summed E-state index contributed by atoms with van der Waals surface area (Å²) >= 11 is 0. The van der Waals surface area contributed by atoms with Gasteiger partial charge in [0.2, 0.25) is 5.95 Å². The molecule has 2 rings (SSSR count). The van der Waals surface area contributed by atoms with Crippen molar-refractivity contribution in [2.75, 3.05) is 30.0 Å². The van der Waals surface area contributed by atoms with Crippen LogP contribution in [-0.2, 0) is 4.84 Å². The number of hydrogen-bond donors (Lipinski definition) is 5. The van der Waals surface area contributed by atoms with Crippen molar-refractivity contribution in [2.45, 2.75) is 33.3 Å². The minimum atomic E-state index is -0.657. The van der Waals surface area contributed by atoms with Crippen molar-refractivity contribution < 1.29 is 14.4 Å². The van der Waals surface area contributed by atoms with Gasteiger partial charge in [-0.3, -0.25) is 5.43 Å². The minimum Gasteiger partial charge on any atom is -0.494 e. The van der Waals surface area contributed by atoms with Crippen LogP contribution in [0.25, 0.3) is 0 Å². The van der Waals surface area contributed by atoms with E-state index in [9.17, 15) is 4.79 Å². The molecule has 0 atom stereocenters. The molecular formula is C18H28N8O3. The van der Waals surface area contributed by atoms with E-state index in [2.05, 4.69) is 26.0 Å². The average Bonchev–Trinajstić information content (AvgIpc) is 2.65. The molecule has 0 unspecified atom stereocenters. The summed E-state index contributed by atoms with van der Waals surface area (Å²) in [6.07, 6.45) is 0. The van der Waals surface area contributed by atoms with Crippen LogP contribution in [0.4, 0.5) is 27.9 Å².